The number of fused-ring (bicyclic) bond motifs is 1. The number of anilines is 2. The molecule has 0 atom stereocenters. The number of nitriles is 1. The Kier molecular flexibility index (Phi) is 5.75. The first-order valence-electron chi connectivity index (χ1n) is 9.08. The van der Waals surface area contributed by atoms with Crippen LogP contribution in [0.4, 0.5) is 11.4 Å². The van der Waals surface area contributed by atoms with E-state index in [1.54, 1.807) is 24.3 Å². The highest BCUT2D eigenvalue weighted by Gasteiger charge is 2.29. The smallest absolute Gasteiger partial charge is 0.266 e. The number of hydrogen-bond acceptors (Lipinski definition) is 3. The Morgan fingerprint density at radius 1 is 1.21 bits per heavy atom. The summed E-state index contributed by atoms with van der Waals surface area (Å²) in [5.41, 5.74) is 4.17. The van der Waals surface area contributed by atoms with Crippen LogP contribution in [-0.4, -0.2) is 18.5 Å². The minimum atomic E-state index is -0.505. The van der Waals surface area contributed by atoms with Gasteiger partial charge in [-0.3, -0.25) is 4.79 Å². The van der Waals surface area contributed by atoms with E-state index in [9.17, 15) is 10.1 Å². The zero-order valence-corrected chi connectivity index (χ0v) is 18.2. The van der Waals surface area contributed by atoms with Crippen molar-refractivity contribution in [1.82, 2.24) is 0 Å². The molecule has 1 aliphatic heterocycles. The fourth-order valence-electron chi connectivity index (χ4n) is 3.33. The molecule has 2 aromatic rings. The number of likely N-dealkylation sites (N-methyl/N-ethyl adjacent to an activating group) is 1. The molecule has 1 N–H and O–H groups in total. The summed E-state index contributed by atoms with van der Waals surface area (Å²) in [6.45, 7) is 6.32. The van der Waals surface area contributed by atoms with E-state index in [-0.39, 0.29) is 11.1 Å². The van der Waals surface area contributed by atoms with Gasteiger partial charge in [-0.15, -0.1) is 0 Å². The Bertz CT molecular complexity index is 1080. The van der Waals surface area contributed by atoms with Crippen LogP contribution in [-0.2, 0) is 4.79 Å². The number of carbonyl (C=O) groups excluding carboxylic acids is 1. The van der Waals surface area contributed by atoms with Crippen molar-refractivity contribution in [1.29, 1.82) is 5.26 Å². The predicted molar refractivity (Wildman–Crippen MR) is 121 cm³/mol. The van der Waals surface area contributed by atoms with Gasteiger partial charge in [0.1, 0.15) is 11.6 Å². The lowest BCUT2D eigenvalue weighted by Gasteiger charge is -2.40. The first kappa shape index (κ1) is 21.0. The molecule has 0 radical (unpaired) electrons. The van der Waals surface area contributed by atoms with Crippen LogP contribution in [0, 0.1) is 11.3 Å². The highest BCUT2D eigenvalue weighted by Crippen LogP contribution is 2.40. The first-order chi connectivity index (χ1) is 13.6. The Balaban J connectivity index is 1.96. The summed E-state index contributed by atoms with van der Waals surface area (Å²) in [5.74, 6) is -0.505. The number of amides is 1. The van der Waals surface area contributed by atoms with Crippen LogP contribution in [0.15, 0.2) is 48.0 Å². The third-order valence-corrected chi connectivity index (χ3v) is 5.68. The maximum absolute atomic E-state index is 12.5. The molecule has 0 aromatic heterocycles. The van der Waals surface area contributed by atoms with Gasteiger partial charge in [0.15, 0.2) is 0 Å². The van der Waals surface area contributed by atoms with Gasteiger partial charge in [-0.05, 0) is 74.4 Å². The summed E-state index contributed by atoms with van der Waals surface area (Å²) in [6.07, 6.45) is 3.70. The van der Waals surface area contributed by atoms with Gasteiger partial charge in [-0.2, -0.15) is 5.26 Å². The third kappa shape index (κ3) is 4.32. The fraction of sp³-hybridized carbons (Fsp3) is 0.217. The molecule has 0 unspecified atom stereocenters. The van der Waals surface area contributed by atoms with Crippen molar-refractivity contribution in [3.8, 4) is 6.07 Å². The molecule has 1 amide bonds. The first-order valence-corrected chi connectivity index (χ1v) is 9.84. The zero-order chi connectivity index (χ0) is 21.3. The molecule has 148 valence electrons. The summed E-state index contributed by atoms with van der Waals surface area (Å²) in [5, 5.41) is 13.3. The van der Waals surface area contributed by atoms with Gasteiger partial charge >= 0.3 is 0 Å². The highest BCUT2D eigenvalue weighted by atomic mass is 35.5. The molecule has 1 aliphatic rings. The normalized spacial score (nSPS) is 15.3. The van der Waals surface area contributed by atoms with E-state index < -0.39 is 5.91 Å². The number of hydrogen-bond donors (Lipinski definition) is 1. The second-order valence-corrected chi connectivity index (χ2v) is 8.41. The highest BCUT2D eigenvalue weighted by molar-refractivity contribution is 6.33. The van der Waals surface area contributed by atoms with E-state index >= 15 is 0 Å². The molecule has 0 saturated carbocycles. The lowest BCUT2D eigenvalue weighted by Crippen LogP contribution is -2.42. The molecule has 0 fully saturated rings. The third-order valence-electron chi connectivity index (χ3n) is 5.10. The van der Waals surface area contributed by atoms with Crippen molar-refractivity contribution in [2.75, 3.05) is 17.3 Å². The van der Waals surface area contributed by atoms with Gasteiger partial charge in [0.2, 0.25) is 0 Å². The largest absolute Gasteiger partial charge is 0.365 e. The molecular weight excluding hydrogens is 405 g/mol. The number of nitrogens with one attached hydrogen (secondary N) is 1. The van der Waals surface area contributed by atoms with Crippen molar-refractivity contribution >= 4 is 52.1 Å². The van der Waals surface area contributed by atoms with Crippen LogP contribution in [0.1, 0.15) is 31.9 Å². The molecule has 1 heterocycles. The van der Waals surface area contributed by atoms with Crippen LogP contribution in [0.2, 0.25) is 10.0 Å². The van der Waals surface area contributed by atoms with Crippen LogP contribution in [0.3, 0.4) is 0 Å². The van der Waals surface area contributed by atoms with E-state index in [4.69, 9.17) is 23.2 Å². The van der Waals surface area contributed by atoms with Gasteiger partial charge < -0.3 is 10.2 Å². The molecule has 2 aromatic carbocycles. The molecule has 29 heavy (non-hydrogen) atoms. The quantitative estimate of drug-likeness (QED) is 0.472. The number of benzene rings is 2. The molecule has 0 spiro atoms. The average Bonchev–Trinajstić information content (AvgIpc) is 2.66. The second kappa shape index (κ2) is 7.94. The van der Waals surface area contributed by atoms with Crippen LogP contribution in [0.5, 0.6) is 0 Å². The van der Waals surface area contributed by atoms with E-state index in [1.807, 2.05) is 32.2 Å². The number of allylic oxidation sites excluding steroid dienone is 1. The van der Waals surface area contributed by atoms with E-state index in [0.29, 0.717) is 21.3 Å². The number of rotatable bonds is 3. The molecule has 3 rings (SSSR count). The zero-order valence-electron chi connectivity index (χ0n) is 16.7. The van der Waals surface area contributed by atoms with E-state index in [2.05, 4.69) is 30.1 Å². The van der Waals surface area contributed by atoms with Crippen molar-refractivity contribution in [3.05, 3.63) is 69.2 Å². The van der Waals surface area contributed by atoms with Gasteiger partial charge in [-0.1, -0.05) is 29.3 Å². The van der Waals surface area contributed by atoms with Crippen molar-refractivity contribution in [2.24, 2.45) is 0 Å². The summed E-state index contributed by atoms with van der Waals surface area (Å²) in [6, 6.07) is 12.4. The molecule has 0 aliphatic carbocycles. The summed E-state index contributed by atoms with van der Waals surface area (Å²) >= 11 is 12.4. The Morgan fingerprint density at radius 3 is 2.48 bits per heavy atom. The summed E-state index contributed by atoms with van der Waals surface area (Å²) in [7, 11) is 2.02. The topological polar surface area (TPSA) is 56.1 Å². The van der Waals surface area contributed by atoms with Gasteiger partial charge in [0, 0.05) is 34.0 Å². The number of nitrogens with zero attached hydrogens (tertiary/aromatic N) is 2. The number of halogens is 2. The van der Waals surface area contributed by atoms with Gasteiger partial charge in [0.05, 0.1) is 5.54 Å². The van der Waals surface area contributed by atoms with Crippen LogP contribution in [0.25, 0.3) is 11.6 Å². The second-order valence-electron chi connectivity index (χ2n) is 7.56. The molecule has 0 bridgehead atoms. The maximum atomic E-state index is 12.5. The molecule has 4 nitrogen and oxygen atoms in total. The standard InChI is InChI=1S/C23H21Cl2N3O/c1-14-12-23(2,3)28(4)21-11-20(25)15(10-19(14)21)9-16(13-26)22(29)27-18-7-5-17(24)6-8-18/h5-12H,1-4H3,(H,27,29)/b16-9+. The van der Waals surface area contributed by atoms with Gasteiger partial charge in [-0.25, -0.2) is 0 Å². The van der Waals surface area contributed by atoms with Crippen molar-refractivity contribution < 1.29 is 4.79 Å². The van der Waals surface area contributed by atoms with E-state index in [0.717, 1.165) is 16.8 Å². The molecule has 6 heteroatoms. The summed E-state index contributed by atoms with van der Waals surface area (Å²) in [4.78, 5) is 14.7. The minimum absolute atomic E-state index is 0.0343. The minimum Gasteiger partial charge on any atom is -0.365 e. The van der Waals surface area contributed by atoms with Crippen LogP contribution >= 0.6 is 23.2 Å². The number of carbonyl (C=O) groups is 1. The summed E-state index contributed by atoms with van der Waals surface area (Å²) < 4.78 is 0. The van der Waals surface area contributed by atoms with Crippen molar-refractivity contribution in [2.45, 2.75) is 26.3 Å². The Morgan fingerprint density at radius 2 is 1.86 bits per heavy atom. The predicted octanol–water partition coefficient (Wildman–Crippen LogP) is 6.17. The SMILES string of the molecule is CC1=CC(C)(C)N(C)c2cc(Cl)c(/C=C(\C#N)C(=O)Nc3ccc(Cl)cc3)cc21. The molecule has 0 saturated heterocycles. The Labute approximate surface area is 181 Å². The maximum Gasteiger partial charge on any atom is 0.266 e. The van der Waals surface area contributed by atoms with Crippen LogP contribution < -0.4 is 10.2 Å². The fourth-order valence-corrected chi connectivity index (χ4v) is 3.67. The molecular formula is C23H21Cl2N3O. The average molecular weight is 426 g/mol. The Hall–Kier alpha value is -2.74. The monoisotopic (exact) mass is 425 g/mol. The van der Waals surface area contributed by atoms with Gasteiger partial charge in [0.25, 0.3) is 5.91 Å². The lowest BCUT2D eigenvalue weighted by atomic mass is 9.88. The van der Waals surface area contributed by atoms with E-state index in [1.165, 1.54) is 6.08 Å². The van der Waals surface area contributed by atoms with Crippen molar-refractivity contribution in [3.63, 3.8) is 0 Å². The lowest BCUT2D eigenvalue weighted by molar-refractivity contribution is -0.112.